The average molecular weight is 281 g/mol. The predicted octanol–water partition coefficient (Wildman–Crippen LogP) is 1.88. The van der Waals surface area contributed by atoms with Crippen LogP contribution in [0.25, 0.3) is 0 Å². The van der Waals surface area contributed by atoms with Crippen LogP contribution < -0.4 is 0 Å². The molecule has 0 unspecified atom stereocenters. The lowest BCUT2D eigenvalue weighted by molar-refractivity contribution is 0.0249. The van der Waals surface area contributed by atoms with Crippen molar-refractivity contribution in [3.05, 3.63) is 11.4 Å². The molecule has 1 saturated carbocycles. The summed E-state index contributed by atoms with van der Waals surface area (Å²) in [7, 11) is 0. The lowest BCUT2D eigenvalue weighted by atomic mass is 10.0. The molecule has 1 aromatic heterocycles. The van der Waals surface area contributed by atoms with Crippen LogP contribution in [0.1, 0.15) is 68.6 Å². The first-order valence-electron chi connectivity index (χ1n) is 7.30. The zero-order valence-electron chi connectivity index (χ0n) is 12.4. The number of rotatable bonds is 5. The van der Waals surface area contributed by atoms with Crippen molar-refractivity contribution in [3.63, 3.8) is 0 Å². The van der Waals surface area contributed by atoms with Crippen molar-refractivity contribution in [2.45, 2.75) is 64.5 Å². The van der Waals surface area contributed by atoms with Crippen LogP contribution in [0.4, 0.5) is 0 Å². The molecule has 0 spiro atoms. The van der Waals surface area contributed by atoms with E-state index in [2.05, 4.69) is 10.3 Å². The Hall–Kier alpha value is -1.43. The molecule has 1 aromatic rings. The first-order chi connectivity index (χ1) is 9.47. The number of esters is 1. The van der Waals surface area contributed by atoms with Crippen LogP contribution in [0, 0.1) is 0 Å². The minimum absolute atomic E-state index is 0.0920. The fourth-order valence-electron chi connectivity index (χ4n) is 2.82. The molecule has 0 amide bonds. The maximum absolute atomic E-state index is 11.9. The second kappa shape index (κ2) is 5.91. The Morgan fingerprint density at radius 3 is 2.65 bits per heavy atom. The summed E-state index contributed by atoms with van der Waals surface area (Å²) in [6.45, 7) is 6.44. The highest BCUT2D eigenvalue weighted by atomic mass is 16.5. The molecule has 6 heteroatoms. The van der Waals surface area contributed by atoms with Gasteiger partial charge < -0.3 is 9.84 Å². The van der Waals surface area contributed by atoms with Gasteiger partial charge in [0, 0.05) is 0 Å². The number of hydrogen-bond donors (Lipinski definition) is 1. The second-order valence-electron chi connectivity index (χ2n) is 5.79. The molecule has 0 bridgehead atoms. The monoisotopic (exact) mass is 281 g/mol. The average Bonchev–Trinajstić information content (AvgIpc) is 2.96. The first kappa shape index (κ1) is 15.0. The molecule has 0 aliphatic heterocycles. The quantitative estimate of drug-likeness (QED) is 0.834. The van der Waals surface area contributed by atoms with Gasteiger partial charge in [-0.2, -0.15) is 0 Å². The fraction of sp³-hybridized carbons (Fsp3) is 0.786. The number of aliphatic hydroxyl groups is 1. The van der Waals surface area contributed by atoms with Crippen LogP contribution in [0.2, 0.25) is 0 Å². The van der Waals surface area contributed by atoms with E-state index in [1.165, 1.54) is 0 Å². The summed E-state index contributed by atoms with van der Waals surface area (Å²) >= 11 is 0. The summed E-state index contributed by atoms with van der Waals surface area (Å²) in [6.07, 6.45) is 3.62. The molecular formula is C14H23N3O3. The third-order valence-electron chi connectivity index (χ3n) is 3.77. The van der Waals surface area contributed by atoms with Crippen LogP contribution >= 0.6 is 0 Å². The smallest absolute Gasteiger partial charge is 0.360 e. The van der Waals surface area contributed by atoms with Gasteiger partial charge in [-0.1, -0.05) is 31.9 Å². The van der Waals surface area contributed by atoms with Gasteiger partial charge in [0.2, 0.25) is 0 Å². The Morgan fingerprint density at radius 1 is 1.45 bits per heavy atom. The molecule has 0 atom stereocenters. The number of hydrogen-bond acceptors (Lipinski definition) is 5. The molecular weight excluding hydrogens is 258 g/mol. The summed E-state index contributed by atoms with van der Waals surface area (Å²) < 4.78 is 6.68. The Kier molecular flexibility index (Phi) is 4.42. The number of carbonyl (C=O) groups is 1. The molecule has 1 fully saturated rings. The highest BCUT2D eigenvalue weighted by Gasteiger charge is 2.34. The third-order valence-corrected chi connectivity index (χ3v) is 3.77. The number of nitrogens with zero attached hydrogens (tertiary/aromatic N) is 3. The number of carbonyl (C=O) groups excluding carboxylic acids is 1. The first-order valence-corrected chi connectivity index (χ1v) is 7.30. The Labute approximate surface area is 119 Å². The van der Waals surface area contributed by atoms with Gasteiger partial charge in [-0.05, 0) is 25.7 Å². The van der Waals surface area contributed by atoms with Gasteiger partial charge in [0.25, 0.3) is 0 Å². The van der Waals surface area contributed by atoms with E-state index >= 15 is 0 Å². The van der Waals surface area contributed by atoms with Crippen molar-refractivity contribution >= 4 is 5.97 Å². The topological polar surface area (TPSA) is 77.2 Å². The number of aromatic nitrogens is 3. The molecule has 2 rings (SSSR count). The van der Waals surface area contributed by atoms with Gasteiger partial charge in [0.05, 0.1) is 24.4 Å². The van der Waals surface area contributed by atoms with E-state index in [9.17, 15) is 9.90 Å². The molecule has 1 heterocycles. The molecule has 1 N–H and O–H groups in total. The molecule has 0 saturated heterocycles. The van der Waals surface area contributed by atoms with E-state index in [0.717, 1.165) is 31.4 Å². The van der Waals surface area contributed by atoms with Crippen LogP contribution in [0.5, 0.6) is 0 Å². The van der Waals surface area contributed by atoms with Gasteiger partial charge >= 0.3 is 5.97 Å². The van der Waals surface area contributed by atoms with E-state index in [4.69, 9.17) is 4.74 Å². The lowest BCUT2D eigenvalue weighted by Gasteiger charge is -2.23. The molecule has 6 nitrogen and oxygen atoms in total. The predicted molar refractivity (Wildman–Crippen MR) is 73.5 cm³/mol. The van der Waals surface area contributed by atoms with Gasteiger partial charge in [-0.15, -0.1) is 5.10 Å². The lowest BCUT2D eigenvalue weighted by Crippen LogP contribution is -2.32. The van der Waals surface area contributed by atoms with E-state index in [0.29, 0.717) is 13.2 Å². The minimum Gasteiger partial charge on any atom is -0.461 e. The Morgan fingerprint density at radius 2 is 2.10 bits per heavy atom. The second-order valence-corrected chi connectivity index (χ2v) is 5.79. The Bertz CT molecular complexity index is 476. The SMILES string of the molecule is CCOC(=O)c1nnn(CC2(O)CCCC2)c1C(C)C. The highest BCUT2D eigenvalue weighted by Crippen LogP contribution is 2.32. The Balaban J connectivity index is 2.27. The fourth-order valence-corrected chi connectivity index (χ4v) is 2.82. The molecule has 1 aliphatic rings. The van der Waals surface area contributed by atoms with Crippen molar-refractivity contribution in [3.8, 4) is 0 Å². The van der Waals surface area contributed by atoms with Crippen molar-refractivity contribution in [1.82, 2.24) is 15.0 Å². The maximum Gasteiger partial charge on any atom is 0.360 e. The van der Waals surface area contributed by atoms with Crippen LogP contribution in [-0.4, -0.2) is 38.3 Å². The van der Waals surface area contributed by atoms with E-state index in [-0.39, 0.29) is 11.6 Å². The van der Waals surface area contributed by atoms with Gasteiger partial charge in [-0.3, -0.25) is 0 Å². The summed E-state index contributed by atoms with van der Waals surface area (Å²) in [5, 5.41) is 18.5. The molecule has 0 radical (unpaired) electrons. The van der Waals surface area contributed by atoms with Crippen molar-refractivity contribution in [2.24, 2.45) is 0 Å². The molecule has 1 aliphatic carbocycles. The maximum atomic E-state index is 11.9. The zero-order valence-corrected chi connectivity index (χ0v) is 12.4. The van der Waals surface area contributed by atoms with Gasteiger partial charge in [0.15, 0.2) is 5.69 Å². The van der Waals surface area contributed by atoms with E-state index in [1.807, 2.05) is 13.8 Å². The molecule has 0 aromatic carbocycles. The normalized spacial score (nSPS) is 17.6. The van der Waals surface area contributed by atoms with Crippen LogP contribution in [0.3, 0.4) is 0 Å². The van der Waals surface area contributed by atoms with Crippen molar-refractivity contribution in [1.29, 1.82) is 0 Å². The van der Waals surface area contributed by atoms with E-state index < -0.39 is 11.6 Å². The summed E-state index contributed by atoms with van der Waals surface area (Å²) in [5.41, 5.74) is 0.288. The molecule has 112 valence electrons. The number of ether oxygens (including phenoxy) is 1. The van der Waals surface area contributed by atoms with Crippen molar-refractivity contribution in [2.75, 3.05) is 6.61 Å². The standard InChI is InChI=1S/C14H23N3O3/c1-4-20-13(18)11-12(10(2)3)17(16-15-11)9-14(19)7-5-6-8-14/h10,19H,4-9H2,1-3H3. The summed E-state index contributed by atoms with van der Waals surface area (Å²) in [5.74, 6) is -0.352. The minimum atomic E-state index is -0.719. The highest BCUT2D eigenvalue weighted by molar-refractivity contribution is 5.88. The van der Waals surface area contributed by atoms with Gasteiger partial charge in [-0.25, -0.2) is 9.48 Å². The molecule has 20 heavy (non-hydrogen) atoms. The van der Waals surface area contributed by atoms with Crippen LogP contribution in [-0.2, 0) is 11.3 Å². The van der Waals surface area contributed by atoms with Gasteiger partial charge in [0.1, 0.15) is 0 Å². The summed E-state index contributed by atoms with van der Waals surface area (Å²) in [4.78, 5) is 11.9. The third kappa shape index (κ3) is 3.00. The van der Waals surface area contributed by atoms with Crippen molar-refractivity contribution < 1.29 is 14.6 Å². The largest absolute Gasteiger partial charge is 0.461 e. The summed E-state index contributed by atoms with van der Waals surface area (Å²) in [6, 6.07) is 0. The zero-order chi connectivity index (χ0) is 14.8. The van der Waals surface area contributed by atoms with E-state index in [1.54, 1.807) is 11.6 Å². The van der Waals surface area contributed by atoms with Crippen LogP contribution in [0.15, 0.2) is 0 Å².